The number of aldehydes is 1. The van der Waals surface area contributed by atoms with Gasteiger partial charge in [0.2, 0.25) is 11.8 Å². The Bertz CT molecular complexity index is 1090. The number of carboxylic acid groups (broad SMARTS) is 1. The average Bonchev–Trinajstić information content (AvgIpc) is 3.37. The Morgan fingerprint density at radius 2 is 2.26 bits per heavy atom. The highest BCUT2D eigenvalue weighted by molar-refractivity contribution is 8.01. The van der Waals surface area contributed by atoms with Gasteiger partial charge in [-0.2, -0.15) is 0 Å². The second kappa shape index (κ2) is 8.59. The van der Waals surface area contributed by atoms with Crippen LogP contribution in [-0.2, 0) is 20.9 Å². The highest BCUT2D eigenvalue weighted by Crippen LogP contribution is 2.41. The Balaban J connectivity index is 1.43. The van der Waals surface area contributed by atoms with E-state index in [1.807, 2.05) is 0 Å². The van der Waals surface area contributed by atoms with Crippen LogP contribution in [0.3, 0.4) is 0 Å². The summed E-state index contributed by atoms with van der Waals surface area (Å²) in [6, 6.07) is 2.39. The number of hydrogen-bond acceptors (Lipinski definition) is 9. The number of fused-ring (bicyclic) bond motifs is 1. The predicted molar refractivity (Wildman–Crippen MR) is 109 cm³/mol. The standard InChI is InChI=1S/C18H17N5O6S2/c1-9-20-21-18(29-9)31-8-10-7-30-16-13(15(26)23(16)14(10)17(27)28)19-12(25)5-22-4-2-3-11(22)6-24/h2-4,6,13,16H,5,7-8H2,1H3,(H,19,25)(H,27,28). The molecular formula is C18H17N5O6S2. The van der Waals surface area contributed by atoms with Crippen molar-refractivity contribution < 1.29 is 28.7 Å². The molecule has 2 aliphatic rings. The number of aliphatic carboxylic acids is 1. The lowest BCUT2D eigenvalue weighted by molar-refractivity contribution is -0.150. The molecule has 11 nitrogen and oxygen atoms in total. The zero-order valence-corrected chi connectivity index (χ0v) is 17.8. The van der Waals surface area contributed by atoms with Gasteiger partial charge in [0.1, 0.15) is 23.7 Å². The minimum Gasteiger partial charge on any atom is -0.477 e. The molecule has 2 aromatic rings. The minimum atomic E-state index is -1.20. The summed E-state index contributed by atoms with van der Waals surface area (Å²) in [5.74, 6) is -1.05. The number of β-lactam (4-membered cyclic amide) rings is 1. The van der Waals surface area contributed by atoms with Gasteiger partial charge in [-0.15, -0.1) is 22.0 Å². The van der Waals surface area contributed by atoms with Crippen molar-refractivity contribution in [2.45, 2.75) is 30.1 Å². The van der Waals surface area contributed by atoms with Crippen molar-refractivity contribution in [1.29, 1.82) is 0 Å². The molecule has 2 aliphatic heterocycles. The molecule has 1 saturated heterocycles. The summed E-state index contributed by atoms with van der Waals surface area (Å²) in [6.45, 7) is 1.54. The monoisotopic (exact) mass is 463 g/mol. The Morgan fingerprint density at radius 3 is 2.94 bits per heavy atom. The maximum Gasteiger partial charge on any atom is 0.352 e. The Kier molecular flexibility index (Phi) is 5.87. The predicted octanol–water partition coefficient (Wildman–Crippen LogP) is 0.523. The lowest BCUT2D eigenvalue weighted by Gasteiger charge is -2.49. The summed E-state index contributed by atoms with van der Waals surface area (Å²) in [4.78, 5) is 49.1. The maximum absolute atomic E-state index is 12.7. The third kappa shape index (κ3) is 4.10. The number of carbonyl (C=O) groups is 4. The molecule has 0 aromatic carbocycles. The number of thioether (sulfide) groups is 2. The van der Waals surface area contributed by atoms with E-state index in [9.17, 15) is 24.3 Å². The summed E-state index contributed by atoms with van der Waals surface area (Å²) in [6.07, 6.45) is 2.23. The lowest BCUT2D eigenvalue weighted by Crippen LogP contribution is -2.70. The van der Waals surface area contributed by atoms with E-state index in [2.05, 4.69) is 15.5 Å². The van der Waals surface area contributed by atoms with E-state index >= 15 is 0 Å². The van der Waals surface area contributed by atoms with Crippen LogP contribution in [0.4, 0.5) is 0 Å². The third-order valence-corrected chi connectivity index (χ3v) is 6.99. The van der Waals surface area contributed by atoms with Crippen LogP contribution in [0.2, 0.25) is 0 Å². The van der Waals surface area contributed by atoms with Gasteiger partial charge in [0.05, 0.1) is 5.69 Å². The largest absolute Gasteiger partial charge is 0.477 e. The van der Waals surface area contributed by atoms with Crippen LogP contribution >= 0.6 is 23.5 Å². The lowest BCUT2D eigenvalue weighted by atomic mass is 10.0. The van der Waals surface area contributed by atoms with E-state index in [-0.39, 0.29) is 18.0 Å². The van der Waals surface area contributed by atoms with Gasteiger partial charge in [-0.1, -0.05) is 11.8 Å². The quantitative estimate of drug-likeness (QED) is 0.322. The molecule has 4 heterocycles. The fourth-order valence-corrected chi connectivity index (χ4v) is 5.62. The van der Waals surface area contributed by atoms with Crippen molar-refractivity contribution in [3.05, 3.63) is 41.2 Å². The molecule has 0 bridgehead atoms. The number of aromatic nitrogens is 3. The Hall–Kier alpha value is -3.06. The number of rotatable bonds is 8. The highest BCUT2D eigenvalue weighted by atomic mass is 32.2. The first kappa shape index (κ1) is 21.2. The molecule has 0 spiro atoms. The van der Waals surface area contributed by atoms with E-state index in [1.54, 1.807) is 25.3 Å². The Labute approximate surface area is 184 Å². The maximum atomic E-state index is 12.7. The second-order valence-electron chi connectivity index (χ2n) is 6.77. The smallest absolute Gasteiger partial charge is 0.352 e. The van der Waals surface area contributed by atoms with Gasteiger partial charge in [-0.25, -0.2) is 4.79 Å². The van der Waals surface area contributed by atoms with Crippen LogP contribution in [0.5, 0.6) is 0 Å². The molecule has 2 aromatic heterocycles. The van der Waals surface area contributed by atoms with Crippen molar-refractivity contribution in [2.75, 3.05) is 11.5 Å². The number of nitrogens with one attached hydrogen (secondary N) is 1. The van der Waals surface area contributed by atoms with Crippen molar-refractivity contribution in [3.8, 4) is 0 Å². The van der Waals surface area contributed by atoms with Gasteiger partial charge in [-0.05, 0) is 17.7 Å². The number of nitrogens with zero attached hydrogens (tertiary/aromatic N) is 4. The minimum absolute atomic E-state index is 0.0726. The van der Waals surface area contributed by atoms with Gasteiger partial charge in [0.25, 0.3) is 11.1 Å². The van der Waals surface area contributed by atoms with Crippen molar-refractivity contribution in [2.24, 2.45) is 0 Å². The SMILES string of the molecule is Cc1nnc(SCC2=C(C(=O)O)N3C(=O)C(NC(=O)Cn4cccc4C=O)C3SC2)o1. The molecular weight excluding hydrogens is 446 g/mol. The molecule has 4 rings (SSSR count). The number of carboxylic acids is 1. The fourth-order valence-electron chi connectivity index (χ4n) is 3.33. The highest BCUT2D eigenvalue weighted by Gasteiger charge is 2.54. The third-order valence-electron chi connectivity index (χ3n) is 4.74. The second-order valence-corrected chi connectivity index (χ2v) is 8.80. The summed E-state index contributed by atoms with van der Waals surface area (Å²) in [5, 5.41) is 19.8. The van der Waals surface area contributed by atoms with E-state index < -0.39 is 29.2 Å². The zero-order valence-electron chi connectivity index (χ0n) is 16.2. The van der Waals surface area contributed by atoms with Crippen LogP contribution in [-0.4, -0.2) is 71.8 Å². The summed E-state index contributed by atoms with van der Waals surface area (Å²) in [7, 11) is 0. The van der Waals surface area contributed by atoms with Crippen LogP contribution in [0, 0.1) is 6.92 Å². The molecule has 2 unspecified atom stereocenters. The van der Waals surface area contributed by atoms with Gasteiger partial charge in [0, 0.05) is 24.6 Å². The molecule has 13 heteroatoms. The molecule has 162 valence electrons. The van der Waals surface area contributed by atoms with E-state index in [0.717, 1.165) is 0 Å². The number of hydrogen-bond donors (Lipinski definition) is 2. The first-order chi connectivity index (χ1) is 14.9. The molecule has 0 aliphatic carbocycles. The van der Waals surface area contributed by atoms with Crippen LogP contribution in [0.1, 0.15) is 16.4 Å². The molecule has 31 heavy (non-hydrogen) atoms. The van der Waals surface area contributed by atoms with Crippen LogP contribution < -0.4 is 5.32 Å². The van der Waals surface area contributed by atoms with Gasteiger partial charge >= 0.3 is 5.97 Å². The van der Waals surface area contributed by atoms with Crippen LogP contribution in [0.25, 0.3) is 0 Å². The Morgan fingerprint density at radius 1 is 1.45 bits per heavy atom. The molecule has 1 fully saturated rings. The average molecular weight is 463 g/mol. The molecule has 2 amide bonds. The zero-order chi connectivity index (χ0) is 22.1. The first-order valence-corrected chi connectivity index (χ1v) is 11.1. The van der Waals surface area contributed by atoms with Gasteiger partial charge in [-0.3, -0.25) is 19.3 Å². The van der Waals surface area contributed by atoms with Gasteiger partial charge in [0.15, 0.2) is 6.29 Å². The van der Waals surface area contributed by atoms with Crippen molar-refractivity contribution in [1.82, 2.24) is 25.0 Å². The van der Waals surface area contributed by atoms with Crippen LogP contribution in [0.15, 0.2) is 39.2 Å². The number of amides is 2. The summed E-state index contributed by atoms with van der Waals surface area (Å²) < 4.78 is 6.75. The topological polar surface area (TPSA) is 148 Å². The van der Waals surface area contributed by atoms with E-state index in [1.165, 1.54) is 33.0 Å². The van der Waals surface area contributed by atoms with E-state index in [0.29, 0.717) is 34.4 Å². The number of aryl methyl sites for hydroxylation is 1. The molecule has 2 atom stereocenters. The fraction of sp³-hybridized carbons (Fsp3) is 0.333. The van der Waals surface area contributed by atoms with Crippen molar-refractivity contribution >= 4 is 47.6 Å². The summed E-state index contributed by atoms with van der Waals surface area (Å²) >= 11 is 2.58. The normalized spacial score (nSPS) is 20.3. The van der Waals surface area contributed by atoms with Gasteiger partial charge < -0.3 is 19.4 Å². The molecule has 0 radical (unpaired) electrons. The van der Waals surface area contributed by atoms with E-state index in [4.69, 9.17) is 4.42 Å². The molecule has 0 saturated carbocycles. The summed E-state index contributed by atoms with van der Waals surface area (Å²) in [5.41, 5.74) is 0.839. The molecule has 2 N–H and O–H groups in total. The first-order valence-electron chi connectivity index (χ1n) is 9.11. The van der Waals surface area contributed by atoms with Crippen molar-refractivity contribution in [3.63, 3.8) is 0 Å². The number of carbonyl (C=O) groups excluding carboxylic acids is 3.